The average Bonchev–Trinajstić information content (AvgIpc) is 2.25. The van der Waals surface area contributed by atoms with Gasteiger partial charge in [-0.2, -0.15) is 0 Å². The third-order valence-corrected chi connectivity index (χ3v) is 2.89. The lowest BCUT2D eigenvalue weighted by atomic mass is 10.1. The van der Waals surface area contributed by atoms with Gasteiger partial charge in [-0.1, -0.05) is 37.6 Å². The van der Waals surface area contributed by atoms with E-state index in [9.17, 15) is 5.11 Å². The standard InChI is InChI=1S/C12H18ClNO/c1-3-14(4-2)12(9-15)10-6-5-7-11(13)8-10/h5-8,12,15H,3-4,9H2,1-2H3. The van der Waals surface area contributed by atoms with Crippen LogP contribution in [-0.2, 0) is 0 Å². The zero-order valence-electron chi connectivity index (χ0n) is 9.28. The Bertz CT molecular complexity index is 299. The molecule has 0 bridgehead atoms. The van der Waals surface area contributed by atoms with E-state index in [4.69, 9.17) is 11.6 Å². The fourth-order valence-corrected chi connectivity index (χ4v) is 2.01. The molecule has 1 rings (SSSR count). The van der Waals surface area contributed by atoms with Crippen LogP contribution < -0.4 is 0 Å². The molecule has 0 aliphatic heterocycles. The van der Waals surface area contributed by atoms with Crippen molar-refractivity contribution < 1.29 is 5.11 Å². The summed E-state index contributed by atoms with van der Waals surface area (Å²) in [6, 6.07) is 7.75. The second kappa shape index (κ2) is 6.11. The number of likely N-dealkylation sites (N-methyl/N-ethyl adjacent to an activating group) is 1. The van der Waals surface area contributed by atoms with Crippen molar-refractivity contribution in [3.05, 3.63) is 34.9 Å². The van der Waals surface area contributed by atoms with E-state index in [0.29, 0.717) is 0 Å². The molecule has 0 saturated carbocycles. The lowest BCUT2D eigenvalue weighted by Gasteiger charge is -2.28. The number of nitrogens with zero attached hydrogens (tertiary/aromatic N) is 1. The molecule has 0 aliphatic carbocycles. The van der Waals surface area contributed by atoms with Crippen molar-refractivity contribution in [1.29, 1.82) is 0 Å². The van der Waals surface area contributed by atoms with Gasteiger partial charge in [-0.3, -0.25) is 4.90 Å². The lowest BCUT2D eigenvalue weighted by molar-refractivity contribution is 0.134. The first kappa shape index (κ1) is 12.5. The van der Waals surface area contributed by atoms with E-state index in [1.165, 1.54) is 0 Å². The molecular formula is C12H18ClNO. The van der Waals surface area contributed by atoms with Crippen molar-refractivity contribution in [2.24, 2.45) is 0 Å². The van der Waals surface area contributed by atoms with Crippen molar-refractivity contribution in [3.63, 3.8) is 0 Å². The van der Waals surface area contributed by atoms with E-state index < -0.39 is 0 Å². The molecule has 2 nitrogen and oxygen atoms in total. The lowest BCUT2D eigenvalue weighted by Crippen LogP contribution is -2.30. The maximum Gasteiger partial charge on any atom is 0.0628 e. The number of halogens is 1. The number of aliphatic hydroxyl groups is 1. The number of aliphatic hydroxyl groups excluding tert-OH is 1. The predicted molar refractivity (Wildman–Crippen MR) is 64.2 cm³/mol. The monoisotopic (exact) mass is 227 g/mol. The summed E-state index contributed by atoms with van der Waals surface area (Å²) in [4.78, 5) is 2.21. The average molecular weight is 228 g/mol. The van der Waals surface area contributed by atoms with E-state index in [1.54, 1.807) is 0 Å². The highest BCUT2D eigenvalue weighted by atomic mass is 35.5. The van der Waals surface area contributed by atoms with E-state index in [2.05, 4.69) is 18.7 Å². The Kier molecular flexibility index (Phi) is 5.09. The number of benzene rings is 1. The summed E-state index contributed by atoms with van der Waals surface area (Å²) in [5.41, 5.74) is 1.08. The minimum absolute atomic E-state index is 0.0544. The molecule has 1 aromatic rings. The van der Waals surface area contributed by atoms with Gasteiger partial charge >= 0.3 is 0 Å². The highest BCUT2D eigenvalue weighted by molar-refractivity contribution is 6.30. The minimum Gasteiger partial charge on any atom is -0.394 e. The zero-order valence-corrected chi connectivity index (χ0v) is 10.0. The first-order valence-electron chi connectivity index (χ1n) is 5.33. The highest BCUT2D eigenvalue weighted by Crippen LogP contribution is 2.22. The van der Waals surface area contributed by atoms with E-state index >= 15 is 0 Å². The normalized spacial score (nSPS) is 13.1. The summed E-state index contributed by atoms with van der Waals surface area (Å²) in [5.74, 6) is 0. The molecule has 0 aliphatic rings. The quantitative estimate of drug-likeness (QED) is 0.836. The molecule has 0 saturated heterocycles. The van der Waals surface area contributed by atoms with Crippen LogP contribution in [-0.4, -0.2) is 29.7 Å². The van der Waals surface area contributed by atoms with Crippen molar-refractivity contribution in [3.8, 4) is 0 Å². The molecule has 0 spiro atoms. The molecule has 0 heterocycles. The SMILES string of the molecule is CCN(CC)C(CO)c1cccc(Cl)c1. The maximum absolute atomic E-state index is 9.42. The maximum atomic E-state index is 9.42. The third-order valence-electron chi connectivity index (χ3n) is 2.66. The van der Waals surface area contributed by atoms with Gasteiger partial charge in [0.2, 0.25) is 0 Å². The van der Waals surface area contributed by atoms with Gasteiger partial charge in [-0.25, -0.2) is 0 Å². The van der Waals surface area contributed by atoms with Crippen molar-refractivity contribution >= 4 is 11.6 Å². The Morgan fingerprint density at radius 3 is 2.47 bits per heavy atom. The van der Waals surface area contributed by atoms with E-state index in [0.717, 1.165) is 23.7 Å². The number of rotatable bonds is 5. The second-order valence-corrected chi connectivity index (χ2v) is 3.91. The van der Waals surface area contributed by atoms with Crippen LogP contribution in [0.15, 0.2) is 24.3 Å². The summed E-state index contributed by atoms with van der Waals surface area (Å²) in [5, 5.41) is 10.1. The molecule has 3 heteroatoms. The summed E-state index contributed by atoms with van der Waals surface area (Å²) in [6.07, 6.45) is 0. The molecule has 1 aromatic carbocycles. The summed E-state index contributed by atoms with van der Waals surface area (Å²) in [6.45, 7) is 6.16. The summed E-state index contributed by atoms with van der Waals surface area (Å²) in [7, 11) is 0. The van der Waals surface area contributed by atoms with Crippen LogP contribution >= 0.6 is 11.6 Å². The zero-order chi connectivity index (χ0) is 11.3. The fraction of sp³-hybridized carbons (Fsp3) is 0.500. The van der Waals surface area contributed by atoms with E-state index in [-0.39, 0.29) is 12.6 Å². The third kappa shape index (κ3) is 3.20. The van der Waals surface area contributed by atoms with Crippen LogP contribution in [0.2, 0.25) is 5.02 Å². The fourth-order valence-electron chi connectivity index (χ4n) is 1.81. The second-order valence-electron chi connectivity index (χ2n) is 3.47. The molecule has 84 valence electrons. The first-order valence-corrected chi connectivity index (χ1v) is 5.71. The van der Waals surface area contributed by atoms with Gasteiger partial charge in [0.1, 0.15) is 0 Å². The Morgan fingerprint density at radius 2 is 2.00 bits per heavy atom. The topological polar surface area (TPSA) is 23.5 Å². The molecule has 1 unspecified atom stereocenters. The largest absolute Gasteiger partial charge is 0.394 e. The van der Waals surface area contributed by atoms with Gasteiger partial charge in [-0.15, -0.1) is 0 Å². The Labute approximate surface area is 96.5 Å². The molecule has 0 aromatic heterocycles. The molecule has 0 radical (unpaired) electrons. The van der Waals surface area contributed by atoms with Gasteiger partial charge in [-0.05, 0) is 30.8 Å². The van der Waals surface area contributed by atoms with Gasteiger partial charge < -0.3 is 5.11 Å². The van der Waals surface area contributed by atoms with E-state index in [1.807, 2.05) is 24.3 Å². The van der Waals surface area contributed by atoms with Crippen molar-refractivity contribution in [1.82, 2.24) is 4.90 Å². The Morgan fingerprint density at radius 1 is 1.33 bits per heavy atom. The van der Waals surface area contributed by atoms with Crippen LogP contribution in [0.4, 0.5) is 0 Å². The van der Waals surface area contributed by atoms with Crippen LogP contribution in [0.25, 0.3) is 0 Å². The molecule has 0 amide bonds. The van der Waals surface area contributed by atoms with Crippen LogP contribution in [0.1, 0.15) is 25.5 Å². The van der Waals surface area contributed by atoms with Gasteiger partial charge in [0, 0.05) is 5.02 Å². The Hall–Kier alpha value is -0.570. The molecule has 0 fully saturated rings. The van der Waals surface area contributed by atoms with Gasteiger partial charge in [0.05, 0.1) is 12.6 Å². The molecular weight excluding hydrogens is 210 g/mol. The Balaban J connectivity index is 2.90. The molecule has 1 N–H and O–H groups in total. The van der Waals surface area contributed by atoms with Crippen LogP contribution in [0.3, 0.4) is 0 Å². The van der Waals surface area contributed by atoms with Crippen LogP contribution in [0.5, 0.6) is 0 Å². The van der Waals surface area contributed by atoms with Crippen molar-refractivity contribution in [2.75, 3.05) is 19.7 Å². The minimum atomic E-state index is 0.0544. The van der Waals surface area contributed by atoms with Crippen LogP contribution in [0, 0.1) is 0 Å². The summed E-state index contributed by atoms with van der Waals surface area (Å²) >= 11 is 5.94. The first-order chi connectivity index (χ1) is 7.22. The summed E-state index contributed by atoms with van der Waals surface area (Å²) < 4.78 is 0. The molecule has 15 heavy (non-hydrogen) atoms. The predicted octanol–water partition coefficient (Wildman–Crippen LogP) is 2.72. The van der Waals surface area contributed by atoms with Gasteiger partial charge in [0.25, 0.3) is 0 Å². The van der Waals surface area contributed by atoms with Crippen molar-refractivity contribution in [2.45, 2.75) is 19.9 Å². The molecule has 1 atom stereocenters. The van der Waals surface area contributed by atoms with Gasteiger partial charge in [0.15, 0.2) is 0 Å². The smallest absolute Gasteiger partial charge is 0.0628 e. The number of hydrogen-bond acceptors (Lipinski definition) is 2. The highest BCUT2D eigenvalue weighted by Gasteiger charge is 2.16. The number of hydrogen-bond donors (Lipinski definition) is 1.